The van der Waals surface area contributed by atoms with Crippen LogP contribution in [0.4, 0.5) is 0 Å². The number of rotatable bonds is 3. The van der Waals surface area contributed by atoms with Crippen molar-refractivity contribution in [2.75, 3.05) is 0 Å². The van der Waals surface area contributed by atoms with Gasteiger partial charge in [-0.05, 0) is 50.2 Å². The standard InChI is InChI=1S/C16H25N/c1-16(2,17)12-13-8-10-15(11-9-13)14-6-4-3-5-7-14/h8-11,14H,3-7,12,17H2,1-2H3. The van der Waals surface area contributed by atoms with Crippen LogP contribution in [-0.2, 0) is 6.42 Å². The van der Waals surface area contributed by atoms with E-state index in [1.165, 1.54) is 43.2 Å². The molecule has 1 saturated carbocycles. The first-order chi connectivity index (χ1) is 8.04. The van der Waals surface area contributed by atoms with E-state index in [1.54, 1.807) is 0 Å². The summed E-state index contributed by atoms with van der Waals surface area (Å²) in [5.41, 5.74) is 8.83. The molecule has 2 N–H and O–H groups in total. The largest absolute Gasteiger partial charge is 0.325 e. The highest BCUT2D eigenvalue weighted by Gasteiger charge is 2.16. The molecule has 0 bridgehead atoms. The van der Waals surface area contributed by atoms with Gasteiger partial charge in [0.25, 0.3) is 0 Å². The maximum Gasteiger partial charge on any atom is 0.0138 e. The lowest BCUT2D eigenvalue weighted by atomic mass is 9.83. The van der Waals surface area contributed by atoms with E-state index in [2.05, 4.69) is 38.1 Å². The lowest BCUT2D eigenvalue weighted by Crippen LogP contribution is -2.34. The van der Waals surface area contributed by atoms with E-state index in [0.29, 0.717) is 0 Å². The van der Waals surface area contributed by atoms with Gasteiger partial charge >= 0.3 is 0 Å². The summed E-state index contributed by atoms with van der Waals surface area (Å²) in [5, 5.41) is 0. The van der Waals surface area contributed by atoms with E-state index < -0.39 is 0 Å². The molecule has 0 radical (unpaired) electrons. The Bertz CT molecular complexity index is 339. The summed E-state index contributed by atoms with van der Waals surface area (Å²) in [7, 11) is 0. The maximum absolute atomic E-state index is 6.05. The molecule has 1 nitrogen and oxygen atoms in total. The zero-order valence-corrected chi connectivity index (χ0v) is 11.2. The van der Waals surface area contributed by atoms with Gasteiger partial charge in [0.2, 0.25) is 0 Å². The van der Waals surface area contributed by atoms with E-state index in [4.69, 9.17) is 5.73 Å². The summed E-state index contributed by atoms with van der Waals surface area (Å²) in [6.07, 6.45) is 7.95. The summed E-state index contributed by atoms with van der Waals surface area (Å²) < 4.78 is 0. The average molecular weight is 231 g/mol. The van der Waals surface area contributed by atoms with Gasteiger partial charge in [-0.2, -0.15) is 0 Å². The second-order valence-corrected chi connectivity index (χ2v) is 6.24. The fourth-order valence-corrected chi connectivity index (χ4v) is 2.87. The summed E-state index contributed by atoms with van der Waals surface area (Å²) >= 11 is 0. The van der Waals surface area contributed by atoms with Crippen molar-refractivity contribution in [3.63, 3.8) is 0 Å². The Labute approximate surface area is 105 Å². The van der Waals surface area contributed by atoms with Crippen LogP contribution in [-0.4, -0.2) is 5.54 Å². The molecular formula is C16H25N. The Morgan fingerprint density at radius 3 is 2.18 bits per heavy atom. The van der Waals surface area contributed by atoms with Gasteiger partial charge in [0.05, 0.1) is 0 Å². The normalized spacial score (nSPS) is 18.3. The van der Waals surface area contributed by atoms with Gasteiger partial charge in [0.1, 0.15) is 0 Å². The lowest BCUT2D eigenvalue weighted by molar-refractivity contribution is 0.443. The topological polar surface area (TPSA) is 26.0 Å². The molecule has 0 atom stereocenters. The van der Waals surface area contributed by atoms with E-state index >= 15 is 0 Å². The third-order valence-electron chi connectivity index (χ3n) is 3.72. The second kappa shape index (κ2) is 5.22. The van der Waals surface area contributed by atoms with Crippen LogP contribution < -0.4 is 5.73 Å². The predicted molar refractivity (Wildman–Crippen MR) is 74.2 cm³/mol. The Morgan fingerprint density at radius 1 is 1.06 bits per heavy atom. The average Bonchev–Trinajstić information content (AvgIpc) is 2.29. The van der Waals surface area contributed by atoms with Crippen LogP contribution in [0.25, 0.3) is 0 Å². The first-order valence-electron chi connectivity index (χ1n) is 6.92. The molecule has 0 unspecified atom stereocenters. The number of nitrogens with two attached hydrogens (primary N) is 1. The number of benzene rings is 1. The fraction of sp³-hybridized carbons (Fsp3) is 0.625. The van der Waals surface area contributed by atoms with Crippen LogP contribution in [0.1, 0.15) is 63.0 Å². The molecule has 1 aliphatic rings. The minimum Gasteiger partial charge on any atom is -0.325 e. The molecule has 1 aliphatic carbocycles. The van der Waals surface area contributed by atoms with Gasteiger partial charge in [0.15, 0.2) is 0 Å². The molecule has 0 aliphatic heterocycles. The summed E-state index contributed by atoms with van der Waals surface area (Å²) in [6, 6.07) is 9.16. The van der Waals surface area contributed by atoms with Gasteiger partial charge in [-0.3, -0.25) is 0 Å². The van der Waals surface area contributed by atoms with Gasteiger partial charge in [-0.1, -0.05) is 43.5 Å². The smallest absolute Gasteiger partial charge is 0.0138 e. The highest BCUT2D eigenvalue weighted by Crippen LogP contribution is 2.32. The Hall–Kier alpha value is -0.820. The molecule has 0 amide bonds. The van der Waals surface area contributed by atoms with Crippen LogP contribution in [0.2, 0.25) is 0 Å². The molecule has 0 aromatic heterocycles. The monoisotopic (exact) mass is 231 g/mol. The maximum atomic E-state index is 6.05. The van der Waals surface area contributed by atoms with Crippen molar-refractivity contribution < 1.29 is 0 Å². The van der Waals surface area contributed by atoms with E-state index in [1.807, 2.05) is 0 Å². The van der Waals surface area contributed by atoms with Crippen LogP contribution >= 0.6 is 0 Å². The van der Waals surface area contributed by atoms with Crippen molar-refractivity contribution in [2.24, 2.45) is 5.73 Å². The van der Waals surface area contributed by atoms with Crippen molar-refractivity contribution in [3.8, 4) is 0 Å². The lowest BCUT2D eigenvalue weighted by Gasteiger charge is -2.23. The van der Waals surface area contributed by atoms with Gasteiger partial charge in [-0.25, -0.2) is 0 Å². The molecule has 2 rings (SSSR count). The van der Waals surface area contributed by atoms with E-state index in [-0.39, 0.29) is 5.54 Å². The second-order valence-electron chi connectivity index (χ2n) is 6.24. The number of hydrogen-bond acceptors (Lipinski definition) is 1. The first-order valence-corrected chi connectivity index (χ1v) is 6.92. The molecule has 1 aromatic rings. The molecular weight excluding hydrogens is 206 g/mol. The highest BCUT2D eigenvalue weighted by atomic mass is 14.7. The predicted octanol–water partition coefficient (Wildman–Crippen LogP) is 4.01. The molecule has 0 saturated heterocycles. The first kappa shape index (κ1) is 12.6. The Balaban J connectivity index is 2.02. The van der Waals surface area contributed by atoms with Crippen molar-refractivity contribution in [1.82, 2.24) is 0 Å². The quantitative estimate of drug-likeness (QED) is 0.835. The highest BCUT2D eigenvalue weighted by molar-refractivity contribution is 5.26. The fourth-order valence-electron chi connectivity index (χ4n) is 2.87. The third kappa shape index (κ3) is 3.85. The Morgan fingerprint density at radius 2 is 1.65 bits per heavy atom. The third-order valence-corrected chi connectivity index (χ3v) is 3.72. The van der Waals surface area contributed by atoms with Crippen LogP contribution in [0.5, 0.6) is 0 Å². The van der Waals surface area contributed by atoms with Crippen molar-refractivity contribution in [1.29, 1.82) is 0 Å². The molecule has 0 heterocycles. The zero-order chi connectivity index (χ0) is 12.3. The molecule has 1 heteroatoms. The summed E-state index contributed by atoms with van der Waals surface area (Å²) in [6.45, 7) is 4.17. The summed E-state index contributed by atoms with van der Waals surface area (Å²) in [5.74, 6) is 0.809. The SMILES string of the molecule is CC(C)(N)Cc1ccc(C2CCCCC2)cc1. The summed E-state index contributed by atoms with van der Waals surface area (Å²) in [4.78, 5) is 0. The van der Waals surface area contributed by atoms with E-state index in [9.17, 15) is 0 Å². The Kier molecular flexibility index (Phi) is 3.88. The van der Waals surface area contributed by atoms with Crippen molar-refractivity contribution in [3.05, 3.63) is 35.4 Å². The number of hydrogen-bond donors (Lipinski definition) is 1. The van der Waals surface area contributed by atoms with Gasteiger partial charge < -0.3 is 5.73 Å². The molecule has 94 valence electrons. The minimum absolute atomic E-state index is 0.105. The van der Waals surface area contributed by atoms with Crippen LogP contribution in [0.15, 0.2) is 24.3 Å². The molecule has 1 fully saturated rings. The zero-order valence-electron chi connectivity index (χ0n) is 11.2. The van der Waals surface area contributed by atoms with Crippen molar-refractivity contribution in [2.45, 2.75) is 63.8 Å². The molecule has 17 heavy (non-hydrogen) atoms. The molecule has 0 spiro atoms. The molecule has 1 aromatic carbocycles. The van der Waals surface area contributed by atoms with Crippen LogP contribution in [0.3, 0.4) is 0 Å². The minimum atomic E-state index is -0.105. The van der Waals surface area contributed by atoms with Crippen molar-refractivity contribution >= 4 is 0 Å². The van der Waals surface area contributed by atoms with Gasteiger partial charge in [0, 0.05) is 5.54 Å². The van der Waals surface area contributed by atoms with Gasteiger partial charge in [-0.15, -0.1) is 0 Å². The van der Waals surface area contributed by atoms with E-state index in [0.717, 1.165) is 12.3 Å². The van der Waals surface area contributed by atoms with Crippen LogP contribution in [0, 0.1) is 0 Å².